The van der Waals surface area contributed by atoms with Gasteiger partial charge in [-0.1, -0.05) is 60.7 Å². The second-order valence-corrected chi connectivity index (χ2v) is 7.08. The van der Waals surface area contributed by atoms with Crippen LogP contribution in [0.5, 0.6) is 0 Å². The number of rotatable bonds is 6. The molecule has 0 aliphatic carbocycles. The van der Waals surface area contributed by atoms with E-state index >= 15 is 0 Å². The van der Waals surface area contributed by atoms with Crippen LogP contribution < -0.4 is 5.32 Å². The van der Waals surface area contributed by atoms with Crippen LogP contribution in [0, 0.1) is 0 Å². The molecule has 5 rings (SSSR count). The number of para-hydroxylation sites is 1. The molecule has 0 fully saturated rings. The second-order valence-electron chi connectivity index (χ2n) is 7.08. The summed E-state index contributed by atoms with van der Waals surface area (Å²) in [5.41, 5.74) is 3.69. The van der Waals surface area contributed by atoms with E-state index in [0.717, 1.165) is 36.6 Å². The fourth-order valence-electron chi connectivity index (χ4n) is 3.83. The van der Waals surface area contributed by atoms with Crippen molar-refractivity contribution in [3.05, 3.63) is 96.4 Å². The van der Waals surface area contributed by atoms with Crippen LogP contribution >= 0.6 is 0 Å². The van der Waals surface area contributed by atoms with E-state index in [0.29, 0.717) is 0 Å². The van der Waals surface area contributed by atoms with Crippen LogP contribution in [0.15, 0.2) is 89.5 Å². The van der Waals surface area contributed by atoms with Gasteiger partial charge in [0.2, 0.25) is 0 Å². The third-order valence-electron chi connectivity index (χ3n) is 5.26. The maximum atomic E-state index is 6.12. The van der Waals surface area contributed by atoms with E-state index < -0.39 is 0 Å². The highest BCUT2D eigenvalue weighted by Crippen LogP contribution is 2.29. The summed E-state index contributed by atoms with van der Waals surface area (Å²) in [6, 6.07) is 27.3. The van der Waals surface area contributed by atoms with Gasteiger partial charge in [0.25, 0.3) is 0 Å². The van der Waals surface area contributed by atoms with Gasteiger partial charge in [0.05, 0.1) is 6.54 Å². The molecule has 0 aliphatic rings. The molecule has 138 valence electrons. The van der Waals surface area contributed by atoms with Gasteiger partial charge in [-0.2, -0.15) is 0 Å². The molecule has 0 aliphatic heterocycles. The predicted octanol–water partition coefficient (Wildman–Crippen LogP) is 5.91. The number of fused-ring (bicyclic) bond motifs is 2. The van der Waals surface area contributed by atoms with E-state index in [4.69, 9.17) is 4.42 Å². The van der Waals surface area contributed by atoms with Crippen LogP contribution in [-0.4, -0.2) is 11.5 Å². The Morgan fingerprint density at radius 1 is 0.786 bits per heavy atom. The third-order valence-corrected chi connectivity index (χ3v) is 5.26. The molecule has 0 saturated heterocycles. The van der Waals surface area contributed by atoms with Gasteiger partial charge < -0.3 is 14.7 Å². The van der Waals surface area contributed by atoms with Gasteiger partial charge in [-0.05, 0) is 47.5 Å². The first-order chi connectivity index (χ1) is 13.9. The molecule has 3 nitrogen and oxygen atoms in total. The van der Waals surface area contributed by atoms with E-state index in [1.807, 2.05) is 0 Å². The van der Waals surface area contributed by atoms with E-state index in [1.165, 1.54) is 27.2 Å². The number of aromatic nitrogens is 1. The van der Waals surface area contributed by atoms with Gasteiger partial charge in [0.1, 0.15) is 11.5 Å². The van der Waals surface area contributed by atoms with Crippen LogP contribution in [-0.2, 0) is 13.0 Å². The lowest BCUT2D eigenvalue weighted by Gasteiger charge is -2.04. The number of hydrogen-bond donors (Lipinski definition) is 2. The Bertz CT molecular complexity index is 1230. The number of nitrogens with one attached hydrogen (secondary N) is 2. The standard InChI is InChI=1S/C25H22N2O/c1-2-8-21-18(6-1)7-5-10-23(21)25-13-12-20(28-25)17-26-15-14-19-16-27-24-11-4-3-9-22(19)24/h1-13,16,26-27H,14-15,17H2. The second kappa shape index (κ2) is 7.37. The van der Waals surface area contributed by atoms with Crippen molar-refractivity contribution in [3.8, 4) is 11.3 Å². The van der Waals surface area contributed by atoms with Crippen molar-refractivity contribution in [1.29, 1.82) is 0 Å². The molecule has 28 heavy (non-hydrogen) atoms. The summed E-state index contributed by atoms with van der Waals surface area (Å²) in [6.07, 6.45) is 3.10. The Morgan fingerprint density at radius 2 is 1.61 bits per heavy atom. The maximum absolute atomic E-state index is 6.12. The Kier molecular flexibility index (Phi) is 4.43. The van der Waals surface area contributed by atoms with E-state index in [-0.39, 0.29) is 0 Å². The lowest BCUT2D eigenvalue weighted by atomic mass is 10.0. The molecule has 2 N–H and O–H groups in total. The Morgan fingerprint density at radius 3 is 2.57 bits per heavy atom. The minimum atomic E-state index is 0.729. The molecule has 2 heterocycles. The normalized spacial score (nSPS) is 11.4. The average Bonchev–Trinajstić information content (AvgIpc) is 3.38. The molecule has 0 amide bonds. The Labute approximate surface area is 164 Å². The molecule has 0 bridgehead atoms. The highest BCUT2D eigenvalue weighted by atomic mass is 16.3. The van der Waals surface area contributed by atoms with Gasteiger partial charge in [-0.25, -0.2) is 0 Å². The Hall–Kier alpha value is -3.30. The van der Waals surface area contributed by atoms with Crippen LogP contribution in [0.1, 0.15) is 11.3 Å². The van der Waals surface area contributed by atoms with Crippen molar-refractivity contribution < 1.29 is 4.42 Å². The van der Waals surface area contributed by atoms with Crippen molar-refractivity contribution in [3.63, 3.8) is 0 Å². The molecule has 5 aromatic rings. The van der Waals surface area contributed by atoms with E-state index in [2.05, 4.69) is 95.4 Å². The number of furan rings is 1. The maximum Gasteiger partial charge on any atom is 0.134 e. The van der Waals surface area contributed by atoms with Crippen molar-refractivity contribution >= 4 is 21.7 Å². The third kappa shape index (κ3) is 3.21. The number of benzene rings is 3. The quantitative estimate of drug-likeness (QED) is 0.367. The fraction of sp³-hybridized carbons (Fsp3) is 0.120. The zero-order valence-corrected chi connectivity index (χ0v) is 15.6. The fourth-order valence-corrected chi connectivity index (χ4v) is 3.83. The minimum Gasteiger partial charge on any atom is -0.460 e. The lowest BCUT2D eigenvalue weighted by Crippen LogP contribution is -2.16. The van der Waals surface area contributed by atoms with Crippen LogP contribution in [0.3, 0.4) is 0 Å². The molecule has 0 saturated carbocycles. The van der Waals surface area contributed by atoms with Gasteiger partial charge in [0.15, 0.2) is 0 Å². The summed E-state index contributed by atoms with van der Waals surface area (Å²) in [7, 11) is 0. The topological polar surface area (TPSA) is 41.0 Å². The van der Waals surface area contributed by atoms with Crippen LogP contribution in [0.2, 0.25) is 0 Å². The molecule has 3 heteroatoms. The smallest absolute Gasteiger partial charge is 0.134 e. The summed E-state index contributed by atoms with van der Waals surface area (Å²) >= 11 is 0. The highest BCUT2D eigenvalue weighted by Gasteiger charge is 2.08. The van der Waals surface area contributed by atoms with Crippen molar-refractivity contribution in [2.24, 2.45) is 0 Å². The largest absolute Gasteiger partial charge is 0.460 e. The zero-order chi connectivity index (χ0) is 18.8. The van der Waals surface area contributed by atoms with Crippen molar-refractivity contribution in [2.75, 3.05) is 6.54 Å². The molecule has 2 aromatic heterocycles. The molecular weight excluding hydrogens is 344 g/mol. The summed E-state index contributed by atoms with van der Waals surface area (Å²) < 4.78 is 6.12. The lowest BCUT2D eigenvalue weighted by molar-refractivity contribution is 0.495. The van der Waals surface area contributed by atoms with E-state index in [9.17, 15) is 0 Å². The molecular formula is C25H22N2O. The van der Waals surface area contributed by atoms with Crippen molar-refractivity contribution in [2.45, 2.75) is 13.0 Å². The van der Waals surface area contributed by atoms with Crippen LogP contribution in [0.25, 0.3) is 33.0 Å². The predicted molar refractivity (Wildman–Crippen MR) is 115 cm³/mol. The number of aromatic amines is 1. The summed E-state index contributed by atoms with van der Waals surface area (Å²) in [6.45, 7) is 1.64. The molecule has 0 unspecified atom stereocenters. The summed E-state index contributed by atoms with van der Waals surface area (Å²) in [4.78, 5) is 3.34. The summed E-state index contributed by atoms with van der Waals surface area (Å²) in [5, 5.41) is 7.26. The van der Waals surface area contributed by atoms with E-state index in [1.54, 1.807) is 0 Å². The molecule has 0 radical (unpaired) electrons. The minimum absolute atomic E-state index is 0.729. The van der Waals surface area contributed by atoms with Gasteiger partial charge in [0, 0.05) is 22.7 Å². The molecule has 0 atom stereocenters. The van der Waals surface area contributed by atoms with Gasteiger partial charge in [-0.3, -0.25) is 0 Å². The SMILES string of the molecule is c1ccc2c(-c3ccc(CNCCc4c[nH]c5ccccc45)o3)cccc2c1. The van der Waals surface area contributed by atoms with Crippen molar-refractivity contribution in [1.82, 2.24) is 10.3 Å². The summed E-state index contributed by atoms with van der Waals surface area (Å²) in [5.74, 6) is 1.88. The Balaban J connectivity index is 1.24. The average molecular weight is 366 g/mol. The van der Waals surface area contributed by atoms with Gasteiger partial charge >= 0.3 is 0 Å². The monoisotopic (exact) mass is 366 g/mol. The first kappa shape index (κ1) is 16.8. The zero-order valence-electron chi connectivity index (χ0n) is 15.6. The number of hydrogen-bond acceptors (Lipinski definition) is 2. The molecule has 0 spiro atoms. The molecule has 3 aromatic carbocycles. The number of H-pyrrole nitrogens is 1. The van der Waals surface area contributed by atoms with Crippen LogP contribution in [0.4, 0.5) is 0 Å². The highest BCUT2D eigenvalue weighted by molar-refractivity contribution is 5.95. The first-order valence-corrected chi connectivity index (χ1v) is 9.71. The van der Waals surface area contributed by atoms with Gasteiger partial charge in [-0.15, -0.1) is 0 Å². The first-order valence-electron chi connectivity index (χ1n) is 9.71.